The van der Waals surface area contributed by atoms with Gasteiger partial charge in [-0.3, -0.25) is 14.5 Å². The molecule has 0 atom stereocenters. The van der Waals surface area contributed by atoms with E-state index in [0.717, 1.165) is 12.1 Å². The Balaban J connectivity index is 1.51. The maximum Gasteiger partial charge on any atom is 0.262 e. The van der Waals surface area contributed by atoms with Gasteiger partial charge in [-0.25, -0.2) is 8.78 Å². The number of piperidine rings is 1. The number of halogens is 2. The van der Waals surface area contributed by atoms with Crippen LogP contribution >= 0.6 is 0 Å². The van der Waals surface area contributed by atoms with E-state index in [1.54, 1.807) is 49.5 Å². The van der Waals surface area contributed by atoms with Gasteiger partial charge in [-0.1, -0.05) is 12.1 Å². The summed E-state index contributed by atoms with van der Waals surface area (Å²) in [5.41, 5.74) is 0.790. The van der Waals surface area contributed by atoms with Crippen molar-refractivity contribution in [3.63, 3.8) is 0 Å². The van der Waals surface area contributed by atoms with Gasteiger partial charge in [0.25, 0.3) is 11.8 Å². The number of para-hydroxylation sites is 1. The number of rotatable bonds is 4. The fourth-order valence-electron chi connectivity index (χ4n) is 4.95. The third kappa shape index (κ3) is 4.00. The fraction of sp³-hybridized carbons (Fsp3) is 0.259. The Kier molecular flexibility index (Phi) is 5.99. The average Bonchev–Trinajstić information content (AvgIpc) is 2.88. The molecule has 9 heteroatoms. The molecule has 2 aliphatic heterocycles. The first-order valence-corrected chi connectivity index (χ1v) is 11.5. The molecule has 2 amide bonds. The molecular weight excluding hydrogens is 468 g/mol. The lowest BCUT2D eigenvalue weighted by Gasteiger charge is -2.52. The second-order valence-corrected chi connectivity index (χ2v) is 8.83. The van der Waals surface area contributed by atoms with Crippen LogP contribution in [-0.4, -0.2) is 49.7 Å². The van der Waals surface area contributed by atoms with Crippen LogP contribution in [0, 0.1) is 11.6 Å². The summed E-state index contributed by atoms with van der Waals surface area (Å²) < 4.78 is 38.5. The molecule has 3 aromatic rings. The molecule has 2 heterocycles. The van der Waals surface area contributed by atoms with Crippen molar-refractivity contribution >= 4 is 23.2 Å². The van der Waals surface area contributed by atoms with Gasteiger partial charge in [0.05, 0.1) is 31.0 Å². The standard InChI is InChI=1S/C27H25F2N3O4/c1-35-19-14-18(15-20(16-19)36-2)32-26(34)22-5-3-4-6-24(22)30-27(32)9-11-31(12-10-27)25(33)21-8-7-17(28)13-23(21)29/h3-8,13-16,30H,9-12H2,1-2H3. The van der Waals surface area contributed by atoms with Gasteiger partial charge in [0.1, 0.15) is 28.8 Å². The number of fused-ring (bicyclic) bond motifs is 1. The third-order valence-corrected chi connectivity index (χ3v) is 6.79. The van der Waals surface area contributed by atoms with Crippen molar-refractivity contribution in [2.24, 2.45) is 0 Å². The largest absolute Gasteiger partial charge is 0.497 e. The number of hydrogen-bond acceptors (Lipinski definition) is 5. The lowest BCUT2D eigenvalue weighted by molar-refractivity contribution is 0.0664. The fourth-order valence-corrected chi connectivity index (χ4v) is 4.95. The Morgan fingerprint density at radius 2 is 1.61 bits per heavy atom. The average molecular weight is 494 g/mol. The van der Waals surface area contributed by atoms with Crippen LogP contribution in [0.25, 0.3) is 0 Å². The van der Waals surface area contributed by atoms with Gasteiger partial charge in [-0.2, -0.15) is 0 Å². The predicted molar refractivity (Wildman–Crippen MR) is 131 cm³/mol. The van der Waals surface area contributed by atoms with Crippen molar-refractivity contribution < 1.29 is 27.8 Å². The first-order chi connectivity index (χ1) is 17.3. The number of benzene rings is 3. The van der Waals surface area contributed by atoms with Gasteiger partial charge < -0.3 is 19.7 Å². The minimum Gasteiger partial charge on any atom is -0.497 e. The second-order valence-electron chi connectivity index (χ2n) is 8.83. The van der Waals surface area contributed by atoms with Gasteiger partial charge in [0.2, 0.25) is 0 Å². The van der Waals surface area contributed by atoms with Crippen LogP contribution in [0.2, 0.25) is 0 Å². The van der Waals surface area contributed by atoms with Crippen LogP contribution in [0.15, 0.2) is 60.7 Å². The van der Waals surface area contributed by atoms with Crippen LogP contribution in [0.5, 0.6) is 11.5 Å². The van der Waals surface area contributed by atoms with Crippen LogP contribution < -0.4 is 19.7 Å². The van der Waals surface area contributed by atoms with E-state index >= 15 is 0 Å². The number of amides is 2. The summed E-state index contributed by atoms with van der Waals surface area (Å²) in [6.45, 7) is 0.519. The van der Waals surface area contributed by atoms with Crippen molar-refractivity contribution in [2.75, 3.05) is 37.5 Å². The minimum atomic E-state index is -0.898. The van der Waals surface area contributed by atoms with Crippen LogP contribution in [0.3, 0.4) is 0 Å². The summed E-state index contributed by atoms with van der Waals surface area (Å²) in [4.78, 5) is 30.1. The molecule has 0 bridgehead atoms. The summed E-state index contributed by atoms with van der Waals surface area (Å²) in [5, 5.41) is 3.55. The predicted octanol–water partition coefficient (Wildman–Crippen LogP) is 4.69. The number of methoxy groups -OCH3 is 2. The van der Waals surface area contributed by atoms with Gasteiger partial charge in [-0.15, -0.1) is 0 Å². The first-order valence-electron chi connectivity index (χ1n) is 11.5. The van der Waals surface area contributed by atoms with E-state index in [4.69, 9.17) is 9.47 Å². The molecule has 7 nitrogen and oxygen atoms in total. The molecule has 3 aromatic carbocycles. The molecule has 1 saturated heterocycles. The van der Waals surface area contributed by atoms with Gasteiger partial charge in [-0.05, 0) is 24.3 Å². The zero-order valence-corrected chi connectivity index (χ0v) is 19.9. The van der Waals surface area contributed by atoms with Crippen LogP contribution in [-0.2, 0) is 0 Å². The quantitative estimate of drug-likeness (QED) is 0.571. The maximum atomic E-state index is 14.3. The van der Waals surface area contributed by atoms with Crippen molar-refractivity contribution in [1.29, 1.82) is 0 Å². The Morgan fingerprint density at radius 3 is 2.25 bits per heavy atom. The summed E-state index contributed by atoms with van der Waals surface area (Å²) in [6, 6.07) is 15.5. The van der Waals surface area contributed by atoms with E-state index in [1.165, 1.54) is 4.90 Å². The molecule has 0 aromatic heterocycles. The van der Waals surface area contributed by atoms with E-state index in [2.05, 4.69) is 5.32 Å². The second kappa shape index (κ2) is 9.14. The van der Waals surface area contributed by atoms with E-state index in [1.807, 2.05) is 12.1 Å². The Labute approximate surface area is 207 Å². The summed E-state index contributed by atoms with van der Waals surface area (Å²) >= 11 is 0. The Bertz CT molecular complexity index is 1320. The molecule has 1 spiro atoms. The van der Waals surface area contributed by atoms with Crippen LogP contribution in [0.4, 0.5) is 20.2 Å². The highest BCUT2D eigenvalue weighted by Gasteiger charge is 2.48. The van der Waals surface area contributed by atoms with Crippen LogP contribution in [0.1, 0.15) is 33.6 Å². The monoisotopic (exact) mass is 493 g/mol. The lowest BCUT2D eigenvalue weighted by atomic mass is 9.89. The van der Waals surface area contributed by atoms with E-state index in [-0.39, 0.29) is 24.6 Å². The number of hydrogen-bond donors (Lipinski definition) is 1. The normalized spacial score (nSPS) is 16.4. The molecule has 2 aliphatic rings. The minimum absolute atomic E-state index is 0.181. The number of nitrogens with one attached hydrogen (secondary N) is 1. The van der Waals surface area contributed by atoms with E-state index < -0.39 is 23.2 Å². The summed E-state index contributed by atoms with van der Waals surface area (Å²) in [5.74, 6) is -1.28. The highest BCUT2D eigenvalue weighted by atomic mass is 19.1. The molecule has 0 unspecified atom stereocenters. The SMILES string of the molecule is COc1cc(OC)cc(N2C(=O)c3ccccc3NC23CCN(C(=O)c2ccc(F)cc2F)CC3)c1. The zero-order chi connectivity index (χ0) is 25.4. The number of anilines is 2. The highest BCUT2D eigenvalue weighted by Crippen LogP contribution is 2.42. The molecular formula is C27H25F2N3O4. The molecule has 186 valence electrons. The Hall–Kier alpha value is -4.14. The number of likely N-dealkylation sites (tertiary alicyclic amines) is 1. The van der Waals surface area contributed by atoms with Gasteiger partial charge in [0, 0.05) is 55.9 Å². The summed E-state index contributed by atoms with van der Waals surface area (Å²) in [6.07, 6.45) is 0.752. The van der Waals surface area contributed by atoms with Gasteiger partial charge in [0.15, 0.2) is 0 Å². The number of carbonyl (C=O) groups excluding carboxylic acids is 2. The highest BCUT2D eigenvalue weighted by molar-refractivity contribution is 6.13. The van der Waals surface area contributed by atoms with Crippen molar-refractivity contribution in [2.45, 2.75) is 18.5 Å². The first kappa shape index (κ1) is 23.6. The maximum absolute atomic E-state index is 14.3. The van der Waals surface area contributed by atoms with Crippen molar-refractivity contribution in [3.8, 4) is 11.5 Å². The van der Waals surface area contributed by atoms with Crippen molar-refractivity contribution in [3.05, 3.63) is 83.4 Å². The number of nitrogens with zero attached hydrogens (tertiary/aromatic N) is 2. The zero-order valence-electron chi connectivity index (χ0n) is 19.9. The molecule has 0 saturated carbocycles. The lowest BCUT2D eigenvalue weighted by Crippen LogP contribution is -2.65. The summed E-state index contributed by atoms with van der Waals surface area (Å²) in [7, 11) is 3.08. The Morgan fingerprint density at radius 1 is 0.944 bits per heavy atom. The molecule has 1 N–H and O–H groups in total. The topological polar surface area (TPSA) is 71.1 Å². The molecule has 5 rings (SSSR count). The molecule has 36 heavy (non-hydrogen) atoms. The third-order valence-electron chi connectivity index (χ3n) is 6.79. The van der Waals surface area contributed by atoms with E-state index in [9.17, 15) is 18.4 Å². The molecule has 0 aliphatic carbocycles. The number of carbonyl (C=O) groups is 2. The molecule has 1 fully saturated rings. The smallest absolute Gasteiger partial charge is 0.262 e. The molecule has 0 radical (unpaired) electrons. The van der Waals surface area contributed by atoms with Gasteiger partial charge >= 0.3 is 0 Å². The number of ether oxygens (including phenoxy) is 2. The van der Waals surface area contributed by atoms with E-state index in [0.29, 0.717) is 47.3 Å². The van der Waals surface area contributed by atoms with Crippen molar-refractivity contribution in [1.82, 2.24) is 4.90 Å².